The predicted octanol–water partition coefficient (Wildman–Crippen LogP) is 4.87. The molecule has 0 amide bonds. The topological polar surface area (TPSA) is 20.2 Å². The molecule has 0 saturated carbocycles. The third-order valence-corrected chi connectivity index (χ3v) is 3.24. The minimum Gasteiger partial charge on any atom is -0.507 e. The summed E-state index contributed by atoms with van der Waals surface area (Å²) in [4.78, 5) is 0. The number of hydrogen-bond donors (Lipinski definition) is 1. The van der Waals surface area contributed by atoms with Crippen LogP contribution in [0, 0.1) is 0 Å². The molecule has 0 radical (unpaired) electrons. The lowest BCUT2D eigenvalue weighted by Gasteiger charge is -2.07. The summed E-state index contributed by atoms with van der Waals surface area (Å²) in [5.74, 6) is 0.281. The summed E-state index contributed by atoms with van der Waals surface area (Å²) in [5.41, 5.74) is 2.07. The summed E-state index contributed by atoms with van der Waals surface area (Å²) in [6.45, 7) is 0. The van der Waals surface area contributed by atoms with Crippen LogP contribution in [0.5, 0.6) is 5.75 Å². The maximum absolute atomic E-state index is 10.1. The Morgan fingerprint density at radius 2 is 1.56 bits per heavy atom. The lowest BCUT2D eigenvalue weighted by Crippen LogP contribution is -1.80. The van der Waals surface area contributed by atoms with Crippen molar-refractivity contribution in [3.63, 3.8) is 0 Å². The predicted molar refractivity (Wildman–Crippen MR) is 76.1 cm³/mol. The van der Waals surface area contributed by atoms with Crippen LogP contribution in [0.1, 0.15) is 0 Å². The van der Waals surface area contributed by atoms with Crippen LogP contribution < -0.4 is 0 Å². The second-order valence-corrected chi connectivity index (χ2v) is 4.66. The van der Waals surface area contributed by atoms with Crippen molar-refractivity contribution in [1.29, 1.82) is 0 Å². The molecule has 0 spiro atoms. The summed E-state index contributed by atoms with van der Waals surface area (Å²) >= 11 is 5.99. The van der Waals surface area contributed by atoms with Crippen molar-refractivity contribution >= 4 is 22.4 Å². The molecule has 1 nitrogen and oxygen atoms in total. The molecule has 0 aromatic heterocycles. The van der Waals surface area contributed by atoms with Crippen molar-refractivity contribution in [3.8, 4) is 16.9 Å². The van der Waals surface area contributed by atoms with Crippen LogP contribution >= 0.6 is 11.6 Å². The van der Waals surface area contributed by atoms with Gasteiger partial charge in [-0.15, -0.1) is 0 Å². The molecular formula is C16H11ClO. The molecule has 0 bridgehead atoms. The van der Waals surface area contributed by atoms with E-state index in [0.717, 1.165) is 21.9 Å². The van der Waals surface area contributed by atoms with Crippen molar-refractivity contribution in [2.24, 2.45) is 0 Å². The van der Waals surface area contributed by atoms with E-state index in [1.165, 1.54) is 0 Å². The number of aromatic hydroxyl groups is 1. The van der Waals surface area contributed by atoms with E-state index < -0.39 is 0 Å². The highest BCUT2D eigenvalue weighted by atomic mass is 35.5. The summed E-state index contributed by atoms with van der Waals surface area (Å²) in [6.07, 6.45) is 0. The molecule has 0 atom stereocenters. The SMILES string of the molecule is Oc1cc(-c2ccccc2)cc2cc(Cl)ccc12. The Labute approximate surface area is 110 Å². The number of halogens is 1. The maximum Gasteiger partial charge on any atom is 0.124 e. The highest BCUT2D eigenvalue weighted by Gasteiger charge is 2.05. The lowest BCUT2D eigenvalue weighted by atomic mass is 10.0. The van der Waals surface area contributed by atoms with E-state index in [0.29, 0.717) is 5.02 Å². The van der Waals surface area contributed by atoms with Crippen molar-refractivity contribution in [3.05, 3.63) is 65.7 Å². The van der Waals surface area contributed by atoms with Crippen LogP contribution in [-0.2, 0) is 0 Å². The zero-order chi connectivity index (χ0) is 12.5. The van der Waals surface area contributed by atoms with Gasteiger partial charge in [-0.25, -0.2) is 0 Å². The number of fused-ring (bicyclic) bond motifs is 1. The van der Waals surface area contributed by atoms with Crippen LogP contribution in [-0.4, -0.2) is 5.11 Å². The summed E-state index contributed by atoms with van der Waals surface area (Å²) in [5, 5.41) is 12.5. The summed E-state index contributed by atoms with van der Waals surface area (Å²) < 4.78 is 0. The smallest absolute Gasteiger partial charge is 0.124 e. The molecule has 2 heteroatoms. The van der Waals surface area contributed by atoms with E-state index in [4.69, 9.17) is 11.6 Å². The molecule has 88 valence electrons. The average molecular weight is 255 g/mol. The maximum atomic E-state index is 10.1. The van der Waals surface area contributed by atoms with E-state index in [1.807, 2.05) is 48.5 Å². The Morgan fingerprint density at radius 3 is 2.33 bits per heavy atom. The fourth-order valence-corrected chi connectivity index (χ4v) is 2.30. The van der Waals surface area contributed by atoms with E-state index in [-0.39, 0.29) is 5.75 Å². The number of benzene rings is 3. The van der Waals surface area contributed by atoms with Crippen molar-refractivity contribution in [2.75, 3.05) is 0 Å². The van der Waals surface area contributed by atoms with Gasteiger partial charge in [0.25, 0.3) is 0 Å². The molecule has 18 heavy (non-hydrogen) atoms. The number of phenols is 1. The normalized spacial score (nSPS) is 10.7. The van der Waals surface area contributed by atoms with E-state index >= 15 is 0 Å². The standard InChI is InChI=1S/C16H11ClO/c17-14-6-7-15-13(9-14)8-12(10-16(15)18)11-4-2-1-3-5-11/h1-10,18H. The fourth-order valence-electron chi connectivity index (χ4n) is 2.12. The van der Waals surface area contributed by atoms with Crippen LogP contribution in [0.4, 0.5) is 0 Å². The van der Waals surface area contributed by atoms with Gasteiger partial charge < -0.3 is 5.11 Å². The molecule has 0 aliphatic rings. The lowest BCUT2D eigenvalue weighted by molar-refractivity contribution is 0.482. The van der Waals surface area contributed by atoms with Gasteiger partial charge in [-0.2, -0.15) is 0 Å². The largest absolute Gasteiger partial charge is 0.507 e. The third-order valence-electron chi connectivity index (χ3n) is 3.00. The van der Waals surface area contributed by atoms with E-state index in [1.54, 1.807) is 12.1 Å². The Hall–Kier alpha value is -1.99. The van der Waals surface area contributed by atoms with Gasteiger partial charge in [0.15, 0.2) is 0 Å². The van der Waals surface area contributed by atoms with Gasteiger partial charge in [0, 0.05) is 10.4 Å². The first-order valence-electron chi connectivity index (χ1n) is 5.72. The first-order chi connectivity index (χ1) is 8.74. The highest BCUT2D eigenvalue weighted by Crippen LogP contribution is 2.32. The van der Waals surface area contributed by atoms with Gasteiger partial charge in [-0.3, -0.25) is 0 Å². The molecule has 3 aromatic rings. The second-order valence-electron chi connectivity index (χ2n) is 4.23. The Bertz CT molecular complexity index is 705. The average Bonchev–Trinajstić information content (AvgIpc) is 2.39. The first-order valence-corrected chi connectivity index (χ1v) is 6.09. The Morgan fingerprint density at radius 1 is 0.778 bits per heavy atom. The van der Waals surface area contributed by atoms with Gasteiger partial charge in [-0.05, 0) is 46.8 Å². The third kappa shape index (κ3) is 1.93. The van der Waals surface area contributed by atoms with Crippen LogP contribution in [0.25, 0.3) is 21.9 Å². The van der Waals surface area contributed by atoms with Gasteiger partial charge in [0.05, 0.1) is 0 Å². The van der Waals surface area contributed by atoms with Gasteiger partial charge in [0.2, 0.25) is 0 Å². The molecular weight excluding hydrogens is 244 g/mol. The Balaban J connectivity index is 2.27. The number of hydrogen-bond acceptors (Lipinski definition) is 1. The van der Waals surface area contributed by atoms with E-state index in [9.17, 15) is 5.11 Å². The van der Waals surface area contributed by atoms with Gasteiger partial charge in [-0.1, -0.05) is 41.9 Å². The molecule has 3 aromatic carbocycles. The molecule has 0 aliphatic carbocycles. The number of rotatable bonds is 1. The van der Waals surface area contributed by atoms with Gasteiger partial charge in [0.1, 0.15) is 5.75 Å². The molecule has 0 saturated heterocycles. The second kappa shape index (κ2) is 4.35. The van der Waals surface area contributed by atoms with Crippen molar-refractivity contribution in [1.82, 2.24) is 0 Å². The number of phenolic OH excluding ortho intramolecular Hbond substituents is 1. The molecule has 0 heterocycles. The molecule has 1 N–H and O–H groups in total. The summed E-state index contributed by atoms with van der Waals surface area (Å²) in [7, 11) is 0. The van der Waals surface area contributed by atoms with Crippen LogP contribution in [0.2, 0.25) is 5.02 Å². The molecule has 0 unspecified atom stereocenters. The first kappa shape index (κ1) is 11.1. The van der Waals surface area contributed by atoms with Gasteiger partial charge >= 0.3 is 0 Å². The highest BCUT2D eigenvalue weighted by molar-refractivity contribution is 6.31. The molecule has 0 fully saturated rings. The molecule has 0 aliphatic heterocycles. The zero-order valence-corrected chi connectivity index (χ0v) is 10.4. The van der Waals surface area contributed by atoms with Crippen molar-refractivity contribution < 1.29 is 5.11 Å². The minimum atomic E-state index is 0.281. The monoisotopic (exact) mass is 254 g/mol. The fraction of sp³-hybridized carbons (Fsp3) is 0. The zero-order valence-electron chi connectivity index (χ0n) is 9.60. The Kier molecular flexibility index (Phi) is 2.69. The van der Waals surface area contributed by atoms with Crippen molar-refractivity contribution in [2.45, 2.75) is 0 Å². The molecule has 3 rings (SSSR count). The van der Waals surface area contributed by atoms with Crippen LogP contribution in [0.3, 0.4) is 0 Å². The summed E-state index contributed by atoms with van der Waals surface area (Å²) in [6, 6.07) is 19.3. The quantitative estimate of drug-likeness (QED) is 0.657. The van der Waals surface area contributed by atoms with E-state index in [2.05, 4.69) is 0 Å². The minimum absolute atomic E-state index is 0.281. The van der Waals surface area contributed by atoms with Crippen LogP contribution in [0.15, 0.2) is 60.7 Å².